The van der Waals surface area contributed by atoms with Crippen molar-refractivity contribution in [3.8, 4) is 0 Å². The number of hydrogen-bond donors (Lipinski definition) is 2. The van der Waals surface area contributed by atoms with Crippen LogP contribution in [0.25, 0.3) is 0 Å². The fourth-order valence-electron chi connectivity index (χ4n) is 2.38. The molecule has 1 heterocycles. The maximum Gasteiger partial charge on any atom is 0.331 e. The molecule has 0 aromatic heterocycles. The number of carbonyl (C=O) groups is 2. The standard InChI is InChI=1S/C15H18N2O3/c1-10(2)9-16-15(20)17-8-7-11-5-3-4-6-12(11)13(17)14(18)19/h3-6,13H,1,7-9H2,2H3,(H,16,20)(H,18,19). The Bertz CT molecular complexity index is 554. The van der Waals surface area contributed by atoms with E-state index < -0.39 is 12.0 Å². The second-order valence-corrected chi connectivity index (χ2v) is 5.00. The van der Waals surface area contributed by atoms with E-state index in [0.717, 1.165) is 11.1 Å². The summed E-state index contributed by atoms with van der Waals surface area (Å²) in [5.41, 5.74) is 2.50. The number of fused-ring (bicyclic) bond motifs is 1. The molecule has 1 aromatic rings. The molecule has 1 aliphatic heterocycles. The van der Waals surface area contributed by atoms with Crippen LogP contribution in [0.5, 0.6) is 0 Å². The number of nitrogens with zero attached hydrogens (tertiary/aromatic N) is 1. The molecule has 20 heavy (non-hydrogen) atoms. The Hall–Kier alpha value is -2.30. The highest BCUT2D eigenvalue weighted by Gasteiger charge is 2.35. The molecule has 1 aliphatic rings. The smallest absolute Gasteiger partial charge is 0.331 e. The van der Waals surface area contributed by atoms with Crippen LogP contribution >= 0.6 is 0 Å². The van der Waals surface area contributed by atoms with Gasteiger partial charge in [0.1, 0.15) is 0 Å². The van der Waals surface area contributed by atoms with Crippen molar-refractivity contribution in [2.24, 2.45) is 0 Å². The Kier molecular flexibility index (Phi) is 4.08. The summed E-state index contributed by atoms with van der Waals surface area (Å²) in [5.74, 6) is -1.01. The molecule has 0 bridgehead atoms. The van der Waals surface area contributed by atoms with Crippen LogP contribution in [0.15, 0.2) is 36.4 Å². The first-order chi connectivity index (χ1) is 9.50. The molecule has 1 unspecified atom stereocenters. The van der Waals surface area contributed by atoms with Crippen molar-refractivity contribution in [1.29, 1.82) is 0 Å². The molecule has 0 saturated heterocycles. The number of rotatable bonds is 3. The molecule has 2 amide bonds. The minimum absolute atomic E-state index is 0.351. The van der Waals surface area contributed by atoms with Gasteiger partial charge in [0.15, 0.2) is 6.04 Å². The molecule has 106 valence electrons. The van der Waals surface area contributed by atoms with E-state index >= 15 is 0 Å². The molecule has 2 N–H and O–H groups in total. The Morgan fingerprint density at radius 1 is 1.45 bits per heavy atom. The van der Waals surface area contributed by atoms with Gasteiger partial charge in [0.05, 0.1) is 0 Å². The van der Waals surface area contributed by atoms with Crippen molar-refractivity contribution in [2.75, 3.05) is 13.1 Å². The molecule has 0 spiro atoms. The Labute approximate surface area is 117 Å². The molecule has 5 heteroatoms. The summed E-state index contributed by atoms with van der Waals surface area (Å²) >= 11 is 0. The summed E-state index contributed by atoms with van der Waals surface area (Å²) in [6.07, 6.45) is 0.667. The van der Waals surface area contributed by atoms with Crippen LogP contribution in [0.4, 0.5) is 4.79 Å². The number of nitrogens with one attached hydrogen (secondary N) is 1. The van der Waals surface area contributed by atoms with Crippen molar-refractivity contribution in [3.63, 3.8) is 0 Å². The van der Waals surface area contributed by atoms with Crippen LogP contribution in [-0.4, -0.2) is 35.1 Å². The Morgan fingerprint density at radius 2 is 2.15 bits per heavy atom. The topological polar surface area (TPSA) is 69.6 Å². The van der Waals surface area contributed by atoms with Crippen LogP contribution in [-0.2, 0) is 11.2 Å². The second-order valence-electron chi connectivity index (χ2n) is 5.00. The third-order valence-corrected chi connectivity index (χ3v) is 3.32. The molecule has 0 radical (unpaired) electrons. The summed E-state index contributed by atoms with van der Waals surface area (Å²) in [4.78, 5) is 25.0. The lowest BCUT2D eigenvalue weighted by Gasteiger charge is -2.34. The van der Waals surface area contributed by atoms with Gasteiger partial charge in [-0.2, -0.15) is 0 Å². The van der Waals surface area contributed by atoms with Gasteiger partial charge in [-0.1, -0.05) is 36.4 Å². The van der Waals surface area contributed by atoms with Gasteiger partial charge in [-0.05, 0) is 24.5 Å². The normalized spacial score (nSPS) is 17.2. The lowest BCUT2D eigenvalue weighted by Crippen LogP contribution is -2.48. The number of carboxylic acid groups (broad SMARTS) is 1. The van der Waals surface area contributed by atoms with Crippen LogP contribution in [0.2, 0.25) is 0 Å². The van der Waals surface area contributed by atoms with Crippen LogP contribution in [0.1, 0.15) is 24.1 Å². The van der Waals surface area contributed by atoms with Gasteiger partial charge in [-0.3, -0.25) is 0 Å². The summed E-state index contributed by atoms with van der Waals surface area (Å²) in [6, 6.07) is 6.07. The Balaban J connectivity index is 2.24. The number of benzene rings is 1. The van der Waals surface area contributed by atoms with Gasteiger partial charge in [0.2, 0.25) is 0 Å². The van der Waals surface area contributed by atoms with Crippen molar-refractivity contribution in [1.82, 2.24) is 10.2 Å². The lowest BCUT2D eigenvalue weighted by molar-refractivity contribution is -0.142. The number of carbonyl (C=O) groups excluding carboxylic acids is 1. The first-order valence-electron chi connectivity index (χ1n) is 6.50. The SMILES string of the molecule is C=C(C)CNC(=O)N1CCc2ccccc2C1C(=O)O. The second kappa shape index (κ2) is 5.77. The molecule has 5 nitrogen and oxygen atoms in total. The largest absolute Gasteiger partial charge is 0.479 e. The van der Waals surface area contributed by atoms with Gasteiger partial charge < -0.3 is 15.3 Å². The maximum absolute atomic E-state index is 12.1. The molecule has 0 aliphatic carbocycles. The van der Waals surface area contributed by atoms with Crippen molar-refractivity contribution in [3.05, 3.63) is 47.5 Å². The highest BCUT2D eigenvalue weighted by molar-refractivity contribution is 5.84. The van der Waals surface area contributed by atoms with Crippen molar-refractivity contribution < 1.29 is 14.7 Å². The van der Waals surface area contributed by atoms with Gasteiger partial charge in [-0.25, -0.2) is 9.59 Å². The molecule has 0 saturated carbocycles. The third-order valence-electron chi connectivity index (χ3n) is 3.32. The summed E-state index contributed by atoms with van der Waals surface area (Å²) in [5, 5.41) is 12.1. The van der Waals surface area contributed by atoms with Crippen LogP contribution < -0.4 is 5.32 Å². The maximum atomic E-state index is 12.1. The number of hydrogen-bond acceptors (Lipinski definition) is 2. The number of amides is 2. The minimum atomic E-state index is -1.01. The highest BCUT2D eigenvalue weighted by atomic mass is 16.4. The van der Waals surface area contributed by atoms with E-state index in [1.165, 1.54) is 4.90 Å². The Morgan fingerprint density at radius 3 is 2.80 bits per heavy atom. The minimum Gasteiger partial charge on any atom is -0.479 e. The van der Waals surface area contributed by atoms with Gasteiger partial charge in [0.25, 0.3) is 0 Å². The van der Waals surface area contributed by atoms with Gasteiger partial charge in [-0.15, -0.1) is 0 Å². The zero-order chi connectivity index (χ0) is 14.7. The molecule has 1 aromatic carbocycles. The molecular weight excluding hydrogens is 256 g/mol. The first-order valence-corrected chi connectivity index (χ1v) is 6.50. The fourth-order valence-corrected chi connectivity index (χ4v) is 2.38. The van der Waals surface area contributed by atoms with E-state index in [9.17, 15) is 14.7 Å². The van der Waals surface area contributed by atoms with E-state index in [0.29, 0.717) is 25.1 Å². The van der Waals surface area contributed by atoms with Crippen LogP contribution in [0, 0.1) is 0 Å². The predicted molar refractivity (Wildman–Crippen MR) is 75.4 cm³/mol. The first kappa shape index (κ1) is 14.1. The number of aliphatic carboxylic acids is 1. The number of urea groups is 1. The average molecular weight is 274 g/mol. The quantitative estimate of drug-likeness (QED) is 0.828. The van der Waals surface area contributed by atoms with Gasteiger partial charge in [0, 0.05) is 13.1 Å². The fraction of sp³-hybridized carbons (Fsp3) is 0.333. The van der Waals surface area contributed by atoms with Crippen molar-refractivity contribution >= 4 is 12.0 Å². The average Bonchev–Trinajstić information content (AvgIpc) is 2.43. The van der Waals surface area contributed by atoms with E-state index in [1.807, 2.05) is 12.1 Å². The van der Waals surface area contributed by atoms with E-state index in [1.54, 1.807) is 19.1 Å². The highest BCUT2D eigenvalue weighted by Crippen LogP contribution is 2.29. The van der Waals surface area contributed by atoms with Crippen LogP contribution in [0.3, 0.4) is 0 Å². The molecule has 1 atom stereocenters. The summed E-state index contributed by atoms with van der Waals surface area (Å²) < 4.78 is 0. The monoisotopic (exact) mass is 274 g/mol. The predicted octanol–water partition coefficient (Wildman–Crippen LogP) is 1.96. The molecule has 0 fully saturated rings. The van der Waals surface area contributed by atoms with Gasteiger partial charge >= 0.3 is 12.0 Å². The third kappa shape index (κ3) is 2.82. The lowest BCUT2D eigenvalue weighted by atomic mass is 9.93. The number of carboxylic acids is 1. The zero-order valence-corrected chi connectivity index (χ0v) is 11.4. The molecular formula is C15H18N2O3. The summed E-state index contributed by atoms with van der Waals surface area (Å²) in [7, 11) is 0. The van der Waals surface area contributed by atoms with E-state index in [2.05, 4.69) is 11.9 Å². The van der Waals surface area contributed by atoms with E-state index in [-0.39, 0.29) is 6.03 Å². The molecule has 2 rings (SSSR count). The summed E-state index contributed by atoms with van der Waals surface area (Å²) in [6.45, 7) is 6.27. The van der Waals surface area contributed by atoms with E-state index in [4.69, 9.17) is 0 Å². The zero-order valence-electron chi connectivity index (χ0n) is 11.4. The van der Waals surface area contributed by atoms with Crippen molar-refractivity contribution in [2.45, 2.75) is 19.4 Å².